The van der Waals surface area contributed by atoms with Crippen molar-refractivity contribution in [1.29, 1.82) is 0 Å². The predicted octanol–water partition coefficient (Wildman–Crippen LogP) is 3.45. The Kier molecular flexibility index (Phi) is 5.47. The zero-order chi connectivity index (χ0) is 10.6. The van der Waals surface area contributed by atoms with E-state index in [0.29, 0.717) is 12.5 Å². The number of alkyl halides is 1. The minimum Gasteiger partial charge on any atom is -0.396 e. The summed E-state index contributed by atoms with van der Waals surface area (Å²) in [6.07, 6.45) is 5.37. The van der Waals surface area contributed by atoms with Crippen molar-refractivity contribution in [3.8, 4) is 0 Å². The van der Waals surface area contributed by atoms with Crippen LogP contribution in [0, 0.1) is 23.7 Å². The van der Waals surface area contributed by atoms with E-state index in [9.17, 15) is 5.11 Å². The Balaban J connectivity index is 2.34. The Hall–Kier alpha value is 0.440. The Morgan fingerprint density at radius 1 is 1.14 bits per heavy atom. The second-order valence-electron chi connectivity index (χ2n) is 5.02. The van der Waals surface area contributed by atoms with Crippen molar-refractivity contribution in [2.75, 3.05) is 11.9 Å². The summed E-state index contributed by atoms with van der Waals surface area (Å²) < 4.78 is 0. The zero-order valence-corrected chi connectivity index (χ0v) is 11.0. The Morgan fingerprint density at radius 3 is 2.00 bits per heavy atom. The van der Waals surface area contributed by atoms with Crippen molar-refractivity contribution in [3.63, 3.8) is 0 Å². The summed E-state index contributed by atoms with van der Waals surface area (Å²) in [5, 5.41) is 10.2. The fourth-order valence-corrected chi connectivity index (χ4v) is 3.34. The summed E-state index contributed by atoms with van der Waals surface area (Å²) in [6, 6.07) is 0. The van der Waals surface area contributed by atoms with Crippen molar-refractivity contribution in [2.45, 2.75) is 39.5 Å². The normalized spacial score (nSPS) is 30.6. The molecule has 0 heterocycles. The topological polar surface area (TPSA) is 20.2 Å². The van der Waals surface area contributed by atoms with E-state index in [1.165, 1.54) is 25.7 Å². The monoisotopic (exact) mass is 262 g/mol. The van der Waals surface area contributed by atoms with Crippen molar-refractivity contribution in [1.82, 2.24) is 0 Å². The number of hydrogen-bond donors (Lipinski definition) is 1. The van der Waals surface area contributed by atoms with E-state index in [0.717, 1.165) is 23.1 Å². The predicted molar refractivity (Wildman–Crippen MR) is 64.7 cm³/mol. The summed E-state index contributed by atoms with van der Waals surface area (Å²) in [4.78, 5) is 0. The third kappa shape index (κ3) is 3.23. The highest BCUT2D eigenvalue weighted by Crippen LogP contribution is 2.37. The molecule has 1 N–H and O–H groups in total. The van der Waals surface area contributed by atoms with Gasteiger partial charge in [-0.25, -0.2) is 0 Å². The first kappa shape index (κ1) is 12.5. The van der Waals surface area contributed by atoms with Crippen LogP contribution in [0.5, 0.6) is 0 Å². The zero-order valence-electron chi connectivity index (χ0n) is 9.38. The molecule has 0 radical (unpaired) electrons. The fourth-order valence-electron chi connectivity index (χ4n) is 2.61. The first-order valence-electron chi connectivity index (χ1n) is 5.85. The number of aliphatic hydroxyl groups is 1. The standard InChI is InChI=1S/C12H23BrO/c1-9(2)10-3-5-11(6-4-10)12(7-13)8-14/h9-12,14H,3-8H2,1-2H3. The van der Waals surface area contributed by atoms with E-state index >= 15 is 0 Å². The first-order chi connectivity index (χ1) is 6.69. The molecule has 0 aromatic rings. The minimum absolute atomic E-state index is 0.349. The summed E-state index contributed by atoms with van der Waals surface area (Å²) in [5.41, 5.74) is 0. The molecule has 0 spiro atoms. The molecule has 1 saturated carbocycles. The molecule has 0 aromatic heterocycles. The molecule has 1 fully saturated rings. The molecule has 84 valence electrons. The highest BCUT2D eigenvalue weighted by molar-refractivity contribution is 9.09. The van der Waals surface area contributed by atoms with Crippen LogP contribution in [-0.4, -0.2) is 17.0 Å². The lowest BCUT2D eigenvalue weighted by atomic mass is 9.73. The molecule has 1 atom stereocenters. The summed E-state index contributed by atoms with van der Waals surface area (Å²) in [5.74, 6) is 3.02. The molecule has 1 aliphatic carbocycles. The van der Waals surface area contributed by atoms with Crippen molar-refractivity contribution >= 4 is 15.9 Å². The smallest absolute Gasteiger partial charge is 0.0469 e. The molecule has 2 heteroatoms. The van der Waals surface area contributed by atoms with Gasteiger partial charge in [0.15, 0.2) is 0 Å². The van der Waals surface area contributed by atoms with Gasteiger partial charge in [0, 0.05) is 11.9 Å². The molecule has 0 amide bonds. The van der Waals surface area contributed by atoms with Gasteiger partial charge in [-0.05, 0) is 49.4 Å². The van der Waals surface area contributed by atoms with Gasteiger partial charge in [0.05, 0.1) is 0 Å². The van der Waals surface area contributed by atoms with Gasteiger partial charge in [0.25, 0.3) is 0 Å². The van der Waals surface area contributed by atoms with E-state index in [2.05, 4.69) is 29.8 Å². The Labute approximate surface area is 96.4 Å². The van der Waals surface area contributed by atoms with Crippen molar-refractivity contribution in [2.24, 2.45) is 23.7 Å². The summed E-state index contributed by atoms with van der Waals surface area (Å²) in [6.45, 7) is 5.01. The first-order valence-corrected chi connectivity index (χ1v) is 6.98. The number of rotatable bonds is 4. The lowest BCUT2D eigenvalue weighted by Gasteiger charge is -2.34. The third-order valence-electron chi connectivity index (χ3n) is 3.86. The average Bonchev–Trinajstić information content (AvgIpc) is 2.20. The van der Waals surface area contributed by atoms with Crippen LogP contribution in [0.4, 0.5) is 0 Å². The maximum Gasteiger partial charge on any atom is 0.0469 e. The van der Waals surface area contributed by atoms with Gasteiger partial charge < -0.3 is 5.11 Å². The van der Waals surface area contributed by atoms with Crippen LogP contribution in [0.2, 0.25) is 0 Å². The maximum absolute atomic E-state index is 9.22. The Morgan fingerprint density at radius 2 is 1.64 bits per heavy atom. The molecule has 1 rings (SSSR count). The molecule has 14 heavy (non-hydrogen) atoms. The number of hydrogen-bond acceptors (Lipinski definition) is 1. The van der Waals surface area contributed by atoms with E-state index in [4.69, 9.17) is 0 Å². The molecule has 0 saturated heterocycles. The average molecular weight is 263 g/mol. The Bertz CT molecular complexity index is 146. The summed E-state index contributed by atoms with van der Waals surface area (Å²) >= 11 is 3.50. The van der Waals surface area contributed by atoms with E-state index in [-0.39, 0.29) is 0 Å². The van der Waals surface area contributed by atoms with Crippen LogP contribution in [0.3, 0.4) is 0 Å². The molecule has 0 bridgehead atoms. The maximum atomic E-state index is 9.22. The van der Waals surface area contributed by atoms with Crippen LogP contribution in [-0.2, 0) is 0 Å². The molecule has 1 nitrogen and oxygen atoms in total. The third-order valence-corrected chi connectivity index (χ3v) is 4.69. The van der Waals surface area contributed by atoms with Gasteiger partial charge in [0.1, 0.15) is 0 Å². The van der Waals surface area contributed by atoms with Crippen LogP contribution >= 0.6 is 15.9 Å². The molecule has 1 aliphatic rings. The van der Waals surface area contributed by atoms with Crippen LogP contribution in [0.25, 0.3) is 0 Å². The van der Waals surface area contributed by atoms with Gasteiger partial charge in [-0.3, -0.25) is 0 Å². The fraction of sp³-hybridized carbons (Fsp3) is 1.00. The van der Waals surface area contributed by atoms with Crippen LogP contribution in [0.1, 0.15) is 39.5 Å². The van der Waals surface area contributed by atoms with Gasteiger partial charge in [0.2, 0.25) is 0 Å². The van der Waals surface area contributed by atoms with Crippen molar-refractivity contribution in [3.05, 3.63) is 0 Å². The molecular formula is C12H23BrO. The second kappa shape index (κ2) is 6.12. The van der Waals surface area contributed by atoms with E-state index in [1.54, 1.807) is 0 Å². The number of halogens is 1. The van der Waals surface area contributed by atoms with Gasteiger partial charge in [-0.1, -0.05) is 29.8 Å². The van der Waals surface area contributed by atoms with Crippen LogP contribution < -0.4 is 0 Å². The van der Waals surface area contributed by atoms with Gasteiger partial charge in [-0.2, -0.15) is 0 Å². The highest BCUT2D eigenvalue weighted by Gasteiger charge is 2.27. The number of aliphatic hydroxyl groups excluding tert-OH is 1. The van der Waals surface area contributed by atoms with E-state index in [1.807, 2.05) is 0 Å². The van der Waals surface area contributed by atoms with Gasteiger partial charge in [-0.15, -0.1) is 0 Å². The SMILES string of the molecule is CC(C)C1CCC(C(CO)CBr)CC1. The van der Waals surface area contributed by atoms with Gasteiger partial charge >= 0.3 is 0 Å². The summed E-state index contributed by atoms with van der Waals surface area (Å²) in [7, 11) is 0. The van der Waals surface area contributed by atoms with E-state index < -0.39 is 0 Å². The lowest BCUT2D eigenvalue weighted by Crippen LogP contribution is -2.26. The molecule has 0 aliphatic heterocycles. The molecule has 0 aromatic carbocycles. The van der Waals surface area contributed by atoms with Crippen molar-refractivity contribution < 1.29 is 5.11 Å². The van der Waals surface area contributed by atoms with Crippen LogP contribution in [0.15, 0.2) is 0 Å². The largest absolute Gasteiger partial charge is 0.396 e. The quantitative estimate of drug-likeness (QED) is 0.770. The molecular weight excluding hydrogens is 240 g/mol. The minimum atomic E-state index is 0.349. The second-order valence-corrected chi connectivity index (χ2v) is 5.66. The lowest BCUT2D eigenvalue weighted by molar-refractivity contribution is 0.134. The highest BCUT2D eigenvalue weighted by atomic mass is 79.9. The molecule has 1 unspecified atom stereocenters.